The lowest BCUT2D eigenvalue weighted by Crippen LogP contribution is -2.56. The number of nitrogens with zero attached hydrogens (tertiary/aromatic N) is 1. The van der Waals surface area contributed by atoms with Crippen molar-refractivity contribution in [2.45, 2.75) is 63.2 Å². The summed E-state index contributed by atoms with van der Waals surface area (Å²) in [5, 5.41) is 0. The summed E-state index contributed by atoms with van der Waals surface area (Å²) in [5.41, 5.74) is 6.52. The van der Waals surface area contributed by atoms with E-state index in [1.54, 1.807) is 0 Å². The van der Waals surface area contributed by atoms with Crippen molar-refractivity contribution < 1.29 is 0 Å². The van der Waals surface area contributed by atoms with E-state index in [-0.39, 0.29) is 0 Å². The van der Waals surface area contributed by atoms with Gasteiger partial charge in [-0.25, -0.2) is 0 Å². The third kappa shape index (κ3) is 3.23. The van der Waals surface area contributed by atoms with E-state index in [1.807, 2.05) is 0 Å². The van der Waals surface area contributed by atoms with Crippen molar-refractivity contribution in [2.75, 3.05) is 25.4 Å². The Hall–Kier alpha value is 0.270. The Morgan fingerprint density at radius 1 is 1.28 bits per heavy atom. The van der Waals surface area contributed by atoms with Crippen LogP contribution in [0.4, 0.5) is 0 Å². The largest absolute Gasteiger partial charge is 0.329 e. The number of hydrogen-bond donors (Lipinski definition) is 1. The molecule has 2 nitrogen and oxygen atoms in total. The minimum Gasteiger partial charge on any atom is -0.329 e. The molecule has 0 radical (unpaired) electrons. The smallest absolute Gasteiger partial charge is 0.0334 e. The molecular formula is C15H30N2S. The number of thioether (sulfide) groups is 1. The van der Waals surface area contributed by atoms with Gasteiger partial charge in [0.2, 0.25) is 0 Å². The van der Waals surface area contributed by atoms with Gasteiger partial charge >= 0.3 is 0 Å². The molecule has 0 amide bonds. The Morgan fingerprint density at radius 3 is 2.72 bits per heavy atom. The highest BCUT2D eigenvalue weighted by molar-refractivity contribution is 8.00. The van der Waals surface area contributed by atoms with Gasteiger partial charge in [-0.2, -0.15) is 11.8 Å². The van der Waals surface area contributed by atoms with E-state index >= 15 is 0 Å². The van der Waals surface area contributed by atoms with Crippen LogP contribution in [0.2, 0.25) is 0 Å². The van der Waals surface area contributed by atoms with Gasteiger partial charge in [0.1, 0.15) is 0 Å². The Morgan fingerprint density at radius 2 is 2.06 bits per heavy atom. The zero-order chi connectivity index (χ0) is 13.2. The van der Waals surface area contributed by atoms with Crippen LogP contribution < -0.4 is 5.73 Å². The van der Waals surface area contributed by atoms with E-state index in [4.69, 9.17) is 5.73 Å². The standard InChI is InChI=1S/C15H30N2S/c1-13-5-4-6-15(11-13,12-16)17-8-7-14(2,3)18-10-9-17/h13H,4-12,16H2,1-3H3. The fraction of sp³-hybridized carbons (Fsp3) is 1.00. The van der Waals surface area contributed by atoms with Crippen molar-refractivity contribution in [1.82, 2.24) is 4.90 Å². The van der Waals surface area contributed by atoms with E-state index in [9.17, 15) is 0 Å². The van der Waals surface area contributed by atoms with Crippen molar-refractivity contribution >= 4 is 11.8 Å². The lowest BCUT2D eigenvalue weighted by molar-refractivity contribution is 0.0435. The molecule has 2 atom stereocenters. The van der Waals surface area contributed by atoms with Gasteiger partial charge in [-0.15, -0.1) is 0 Å². The van der Waals surface area contributed by atoms with Crippen LogP contribution in [0.15, 0.2) is 0 Å². The van der Waals surface area contributed by atoms with E-state index < -0.39 is 0 Å². The third-order valence-corrected chi connectivity index (χ3v) is 6.33. The summed E-state index contributed by atoms with van der Waals surface area (Å²) in [4.78, 5) is 2.74. The Bertz CT molecular complexity index is 280. The Kier molecular flexibility index (Phi) is 4.66. The van der Waals surface area contributed by atoms with Gasteiger partial charge in [-0.1, -0.05) is 33.6 Å². The average molecular weight is 270 g/mol. The first-order chi connectivity index (χ1) is 8.47. The molecule has 2 rings (SSSR count). The molecule has 0 aromatic heterocycles. The highest BCUT2D eigenvalue weighted by Gasteiger charge is 2.40. The van der Waals surface area contributed by atoms with Crippen LogP contribution in [0.1, 0.15) is 52.9 Å². The van der Waals surface area contributed by atoms with Crippen LogP contribution in [0.5, 0.6) is 0 Å². The molecule has 106 valence electrons. The molecule has 2 N–H and O–H groups in total. The SMILES string of the molecule is CC1CCCC(CN)(N2CCSC(C)(C)CC2)C1. The number of rotatable bonds is 2. The molecule has 2 aliphatic rings. The summed E-state index contributed by atoms with van der Waals surface area (Å²) in [5.74, 6) is 2.12. The normalized spacial score (nSPS) is 38.3. The maximum Gasteiger partial charge on any atom is 0.0334 e. The lowest BCUT2D eigenvalue weighted by Gasteiger charge is -2.47. The van der Waals surface area contributed by atoms with Crippen molar-refractivity contribution in [3.05, 3.63) is 0 Å². The van der Waals surface area contributed by atoms with Gasteiger partial charge in [-0.05, 0) is 25.2 Å². The molecule has 1 saturated heterocycles. The topological polar surface area (TPSA) is 29.3 Å². The minimum atomic E-state index is 0.318. The minimum absolute atomic E-state index is 0.318. The van der Waals surface area contributed by atoms with Gasteiger partial charge in [0, 0.05) is 35.7 Å². The maximum atomic E-state index is 6.20. The fourth-order valence-corrected chi connectivity index (χ4v) is 4.83. The van der Waals surface area contributed by atoms with E-state index in [0.717, 1.165) is 12.5 Å². The predicted molar refractivity (Wildman–Crippen MR) is 82.1 cm³/mol. The summed E-state index contributed by atoms with van der Waals surface area (Å²) in [6.07, 6.45) is 6.70. The van der Waals surface area contributed by atoms with Gasteiger partial charge < -0.3 is 5.73 Å². The molecule has 2 unspecified atom stereocenters. The quantitative estimate of drug-likeness (QED) is 0.836. The zero-order valence-electron chi connectivity index (χ0n) is 12.4. The highest BCUT2D eigenvalue weighted by atomic mass is 32.2. The molecule has 2 fully saturated rings. The first kappa shape index (κ1) is 14.7. The first-order valence-electron chi connectivity index (χ1n) is 7.57. The highest BCUT2D eigenvalue weighted by Crippen LogP contribution is 2.39. The van der Waals surface area contributed by atoms with E-state index in [1.165, 1.54) is 50.9 Å². The van der Waals surface area contributed by atoms with Gasteiger partial charge in [-0.3, -0.25) is 4.90 Å². The summed E-state index contributed by atoms with van der Waals surface area (Å²) in [6, 6.07) is 0. The second kappa shape index (κ2) is 5.72. The molecule has 18 heavy (non-hydrogen) atoms. The summed E-state index contributed by atoms with van der Waals surface area (Å²) < 4.78 is 0.449. The molecular weight excluding hydrogens is 240 g/mol. The van der Waals surface area contributed by atoms with Crippen LogP contribution >= 0.6 is 11.8 Å². The predicted octanol–water partition coefficient (Wildman–Crippen LogP) is 3.11. The zero-order valence-corrected chi connectivity index (χ0v) is 13.2. The second-order valence-corrected chi connectivity index (χ2v) is 8.78. The van der Waals surface area contributed by atoms with Crippen LogP contribution in [0.3, 0.4) is 0 Å². The molecule has 0 aromatic rings. The molecule has 1 saturated carbocycles. The molecule has 1 aliphatic carbocycles. The van der Waals surface area contributed by atoms with Crippen LogP contribution in [0, 0.1) is 5.92 Å². The van der Waals surface area contributed by atoms with E-state index in [2.05, 4.69) is 37.4 Å². The second-order valence-electron chi connectivity index (χ2n) is 6.98. The molecule has 1 heterocycles. The average Bonchev–Trinajstić information content (AvgIpc) is 2.50. The molecule has 0 bridgehead atoms. The maximum absolute atomic E-state index is 6.20. The van der Waals surface area contributed by atoms with Crippen LogP contribution in [-0.2, 0) is 0 Å². The molecule has 3 heteroatoms. The summed E-state index contributed by atoms with van der Waals surface area (Å²) in [7, 11) is 0. The summed E-state index contributed by atoms with van der Waals surface area (Å²) >= 11 is 2.14. The molecule has 0 spiro atoms. The Balaban J connectivity index is 2.07. The first-order valence-corrected chi connectivity index (χ1v) is 8.55. The van der Waals surface area contributed by atoms with Crippen molar-refractivity contribution in [3.63, 3.8) is 0 Å². The van der Waals surface area contributed by atoms with Crippen molar-refractivity contribution in [2.24, 2.45) is 11.7 Å². The molecule has 1 aliphatic heterocycles. The fourth-order valence-electron chi connectivity index (χ4n) is 3.73. The summed E-state index contributed by atoms with van der Waals surface area (Å²) in [6.45, 7) is 10.5. The van der Waals surface area contributed by atoms with E-state index in [0.29, 0.717) is 10.3 Å². The van der Waals surface area contributed by atoms with Gasteiger partial charge in [0.05, 0.1) is 0 Å². The van der Waals surface area contributed by atoms with Crippen molar-refractivity contribution in [1.29, 1.82) is 0 Å². The monoisotopic (exact) mass is 270 g/mol. The van der Waals surface area contributed by atoms with Crippen LogP contribution in [0.25, 0.3) is 0 Å². The van der Waals surface area contributed by atoms with Crippen molar-refractivity contribution in [3.8, 4) is 0 Å². The molecule has 0 aromatic carbocycles. The third-order valence-electron chi connectivity index (χ3n) is 4.96. The lowest BCUT2D eigenvalue weighted by atomic mass is 9.75. The van der Waals surface area contributed by atoms with Crippen LogP contribution in [-0.4, -0.2) is 40.6 Å². The van der Waals surface area contributed by atoms with Gasteiger partial charge in [0.15, 0.2) is 0 Å². The Labute approximate surface area is 117 Å². The number of nitrogens with two attached hydrogens (primary N) is 1. The van der Waals surface area contributed by atoms with Gasteiger partial charge in [0.25, 0.3) is 0 Å². The number of hydrogen-bond acceptors (Lipinski definition) is 3.